The molecule has 0 unspecified atom stereocenters. The first-order valence-electron chi connectivity index (χ1n) is 7.77. The predicted molar refractivity (Wildman–Crippen MR) is 85.8 cm³/mol. The second-order valence-corrected chi connectivity index (χ2v) is 5.56. The van der Waals surface area contributed by atoms with Gasteiger partial charge in [-0.3, -0.25) is 14.6 Å². The average molecular weight is 316 g/mol. The quantitative estimate of drug-likeness (QED) is 0.920. The molecule has 3 rings (SSSR count). The zero-order valence-electron chi connectivity index (χ0n) is 13.3. The van der Waals surface area contributed by atoms with Gasteiger partial charge in [0.25, 0.3) is 11.5 Å². The summed E-state index contributed by atoms with van der Waals surface area (Å²) < 4.78 is 5.15. The van der Waals surface area contributed by atoms with Crippen molar-refractivity contribution in [3.8, 4) is 0 Å². The van der Waals surface area contributed by atoms with Crippen molar-refractivity contribution < 1.29 is 9.21 Å². The fourth-order valence-electron chi connectivity index (χ4n) is 2.84. The third-order valence-electron chi connectivity index (χ3n) is 4.16. The van der Waals surface area contributed by atoms with Gasteiger partial charge < -0.3 is 14.2 Å². The van der Waals surface area contributed by atoms with Crippen LogP contribution in [-0.4, -0.2) is 47.0 Å². The van der Waals surface area contributed by atoms with Crippen molar-refractivity contribution in [2.75, 3.05) is 31.1 Å². The highest BCUT2D eigenvalue weighted by atomic mass is 16.3. The van der Waals surface area contributed by atoms with Crippen LogP contribution in [-0.2, 0) is 6.42 Å². The molecular weight excluding hydrogens is 296 g/mol. The molecule has 23 heavy (non-hydrogen) atoms. The summed E-state index contributed by atoms with van der Waals surface area (Å²) in [5.74, 6) is 0.830. The Hall–Kier alpha value is -2.57. The molecule has 0 radical (unpaired) electrons. The molecule has 2 aromatic rings. The van der Waals surface area contributed by atoms with Crippen molar-refractivity contribution in [1.82, 2.24) is 14.9 Å². The third kappa shape index (κ3) is 2.99. The van der Waals surface area contributed by atoms with Crippen LogP contribution in [0.2, 0.25) is 0 Å². The van der Waals surface area contributed by atoms with E-state index in [1.165, 1.54) is 6.26 Å². The van der Waals surface area contributed by atoms with E-state index in [1.54, 1.807) is 17.0 Å². The number of hydrogen-bond acceptors (Lipinski definition) is 5. The lowest BCUT2D eigenvalue weighted by Gasteiger charge is -2.34. The van der Waals surface area contributed by atoms with Crippen molar-refractivity contribution in [2.45, 2.75) is 20.3 Å². The molecule has 0 spiro atoms. The smallest absolute Gasteiger partial charge is 0.289 e. The van der Waals surface area contributed by atoms with Crippen LogP contribution in [0.5, 0.6) is 0 Å². The number of hydrogen-bond donors (Lipinski definition) is 1. The van der Waals surface area contributed by atoms with Crippen molar-refractivity contribution in [3.05, 3.63) is 45.8 Å². The number of amides is 1. The monoisotopic (exact) mass is 316 g/mol. The summed E-state index contributed by atoms with van der Waals surface area (Å²) >= 11 is 0. The summed E-state index contributed by atoms with van der Waals surface area (Å²) in [5.41, 5.74) is 1.41. The minimum Gasteiger partial charge on any atom is -0.459 e. The van der Waals surface area contributed by atoms with Crippen LogP contribution in [0.4, 0.5) is 5.95 Å². The van der Waals surface area contributed by atoms with Crippen molar-refractivity contribution in [1.29, 1.82) is 0 Å². The lowest BCUT2D eigenvalue weighted by molar-refractivity contribution is 0.0714. The Kier molecular flexibility index (Phi) is 4.18. The maximum Gasteiger partial charge on any atom is 0.289 e. The molecule has 0 bridgehead atoms. The van der Waals surface area contributed by atoms with E-state index in [1.807, 2.05) is 18.7 Å². The van der Waals surface area contributed by atoms with Crippen molar-refractivity contribution >= 4 is 11.9 Å². The highest BCUT2D eigenvalue weighted by molar-refractivity contribution is 5.91. The van der Waals surface area contributed by atoms with E-state index in [-0.39, 0.29) is 11.5 Å². The summed E-state index contributed by atoms with van der Waals surface area (Å²) in [6, 6.07) is 3.37. The second-order valence-electron chi connectivity index (χ2n) is 5.56. The van der Waals surface area contributed by atoms with Crippen LogP contribution in [0, 0.1) is 6.92 Å². The van der Waals surface area contributed by atoms with E-state index in [0.29, 0.717) is 44.3 Å². The number of H-pyrrole nitrogens is 1. The third-order valence-corrected chi connectivity index (χ3v) is 4.16. The van der Waals surface area contributed by atoms with Gasteiger partial charge in [0.1, 0.15) is 0 Å². The Bertz CT molecular complexity index is 743. The normalized spacial score (nSPS) is 15.0. The minimum absolute atomic E-state index is 0.0795. The number of aromatic nitrogens is 2. The van der Waals surface area contributed by atoms with Gasteiger partial charge >= 0.3 is 0 Å². The number of aryl methyl sites for hydroxylation is 1. The minimum atomic E-state index is -0.103. The molecular formula is C16H20N4O3. The van der Waals surface area contributed by atoms with Crippen LogP contribution in [0.3, 0.4) is 0 Å². The van der Waals surface area contributed by atoms with Gasteiger partial charge in [0.2, 0.25) is 5.95 Å². The fraction of sp³-hybridized carbons (Fsp3) is 0.438. The number of carbonyl (C=O) groups excluding carboxylic acids is 1. The lowest BCUT2D eigenvalue weighted by atomic mass is 10.2. The van der Waals surface area contributed by atoms with Gasteiger partial charge in [-0.1, -0.05) is 6.92 Å². The maximum absolute atomic E-state index is 12.2. The van der Waals surface area contributed by atoms with Gasteiger partial charge in [-0.25, -0.2) is 4.98 Å². The largest absolute Gasteiger partial charge is 0.459 e. The van der Waals surface area contributed by atoms with Gasteiger partial charge in [0, 0.05) is 37.4 Å². The van der Waals surface area contributed by atoms with E-state index in [2.05, 4.69) is 9.97 Å². The SMILES string of the molecule is CCc1c(C)nc(N2CCN(C(=O)c3ccco3)CC2)[nH]c1=O. The zero-order valence-corrected chi connectivity index (χ0v) is 13.3. The maximum atomic E-state index is 12.2. The van der Waals surface area contributed by atoms with E-state index >= 15 is 0 Å². The summed E-state index contributed by atoms with van der Waals surface area (Å²) in [7, 11) is 0. The average Bonchev–Trinajstić information content (AvgIpc) is 3.08. The molecule has 1 N–H and O–H groups in total. The van der Waals surface area contributed by atoms with Crippen LogP contribution in [0.25, 0.3) is 0 Å². The molecule has 122 valence electrons. The summed E-state index contributed by atoms with van der Waals surface area (Å²) in [6.45, 7) is 6.18. The van der Waals surface area contributed by atoms with Gasteiger partial charge in [-0.2, -0.15) is 0 Å². The predicted octanol–water partition coefficient (Wildman–Crippen LogP) is 1.20. The van der Waals surface area contributed by atoms with Crippen molar-refractivity contribution in [3.63, 3.8) is 0 Å². The standard InChI is InChI=1S/C16H20N4O3/c1-3-12-11(2)17-16(18-14(12)21)20-8-6-19(7-9-20)15(22)13-5-4-10-23-13/h4-5,10H,3,6-9H2,1-2H3,(H,17,18,21). The Morgan fingerprint density at radius 2 is 2.09 bits per heavy atom. The molecule has 7 nitrogen and oxygen atoms in total. The Morgan fingerprint density at radius 3 is 2.65 bits per heavy atom. The fourth-order valence-corrected chi connectivity index (χ4v) is 2.84. The van der Waals surface area contributed by atoms with Crippen LogP contribution < -0.4 is 10.5 Å². The number of nitrogens with zero attached hydrogens (tertiary/aromatic N) is 3. The molecule has 3 heterocycles. The Balaban J connectivity index is 1.70. The molecule has 1 amide bonds. The first kappa shape index (κ1) is 15.3. The van der Waals surface area contributed by atoms with Crippen LogP contribution >= 0.6 is 0 Å². The van der Waals surface area contributed by atoms with Gasteiger partial charge in [-0.05, 0) is 25.5 Å². The summed E-state index contributed by atoms with van der Waals surface area (Å²) in [6.07, 6.45) is 2.16. The van der Waals surface area contributed by atoms with Crippen LogP contribution in [0.15, 0.2) is 27.6 Å². The number of furan rings is 1. The van der Waals surface area contributed by atoms with Crippen molar-refractivity contribution in [2.24, 2.45) is 0 Å². The highest BCUT2D eigenvalue weighted by Crippen LogP contribution is 2.14. The van der Waals surface area contributed by atoms with E-state index in [9.17, 15) is 9.59 Å². The van der Waals surface area contributed by atoms with E-state index in [0.717, 1.165) is 11.3 Å². The molecule has 0 aliphatic carbocycles. The van der Waals surface area contributed by atoms with Crippen LogP contribution in [0.1, 0.15) is 28.7 Å². The number of carbonyl (C=O) groups is 1. The van der Waals surface area contributed by atoms with Gasteiger partial charge in [0.05, 0.1) is 6.26 Å². The molecule has 1 saturated heterocycles. The Labute approximate surface area is 133 Å². The molecule has 1 fully saturated rings. The summed E-state index contributed by atoms with van der Waals surface area (Å²) in [4.78, 5) is 35.4. The number of nitrogens with one attached hydrogen (secondary N) is 1. The number of aromatic amines is 1. The molecule has 1 aliphatic heterocycles. The zero-order chi connectivity index (χ0) is 16.4. The molecule has 0 atom stereocenters. The first-order chi connectivity index (χ1) is 11.1. The molecule has 0 aromatic carbocycles. The Morgan fingerprint density at radius 1 is 1.35 bits per heavy atom. The summed E-state index contributed by atoms with van der Waals surface area (Å²) in [5, 5.41) is 0. The highest BCUT2D eigenvalue weighted by Gasteiger charge is 2.25. The molecule has 0 saturated carbocycles. The topological polar surface area (TPSA) is 82.4 Å². The molecule has 7 heteroatoms. The lowest BCUT2D eigenvalue weighted by Crippen LogP contribution is -2.49. The number of piperazine rings is 1. The van der Waals surface area contributed by atoms with Gasteiger partial charge in [-0.15, -0.1) is 0 Å². The first-order valence-corrected chi connectivity index (χ1v) is 7.77. The second kappa shape index (κ2) is 6.28. The van der Waals surface area contributed by atoms with Gasteiger partial charge in [0.15, 0.2) is 5.76 Å². The number of anilines is 1. The van der Waals surface area contributed by atoms with E-state index in [4.69, 9.17) is 4.42 Å². The number of rotatable bonds is 3. The molecule has 2 aromatic heterocycles. The van der Waals surface area contributed by atoms with E-state index < -0.39 is 0 Å². The molecule has 1 aliphatic rings.